The normalized spacial score (nSPS) is 14.7. The number of hydrogen-bond acceptors (Lipinski definition) is 5. The van der Waals surface area contributed by atoms with E-state index in [0.717, 1.165) is 38.2 Å². The Kier molecular flexibility index (Phi) is 6.40. The fourth-order valence-corrected chi connectivity index (χ4v) is 4.47. The highest BCUT2D eigenvalue weighted by molar-refractivity contribution is 5.63. The molecule has 1 aromatic heterocycles. The Morgan fingerprint density at radius 1 is 0.882 bits per heavy atom. The minimum atomic E-state index is -0.145. The minimum Gasteiger partial charge on any atom is -0.399 e. The molecule has 0 bridgehead atoms. The van der Waals surface area contributed by atoms with Gasteiger partial charge < -0.3 is 11.1 Å². The standard InChI is InChI=1S/C28H29N5O/c29-24-10-12-26(13-11-24)33-19-16-30-27(28(33)34)31-25-14-17-32(18-15-25)20-21-6-8-23(9-7-21)22-4-2-1-3-5-22/h1-13,16,19,25H,14-15,17-18,20,29H2,(H,30,31). The minimum absolute atomic E-state index is 0.145. The maximum Gasteiger partial charge on any atom is 0.297 e. The number of likely N-dealkylation sites (tertiary alicyclic amines) is 1. The van der Waals surface area contributed by atoms with Crippen LogP contribution in [0.5, 0.6) is 0 Å². The average molecular weight is 452 g/mol. The van der Waals surface area contributed by atoms with Crippen molar-refractivity contribution in [3.05, 3.63) is 107 Å². The van der Waals surface area contributed by atoms with Gasteiger partial charge in [0, 0.05) is 49.4 Å². The molecule has 0 atom stereocenters. The number of hydrogen-bond donors (Lipinski definition) is 2. The molecule has 172 valence electrons. The third-order valence-corrected chi connectivity index (χ3v) is 6.41. The van der Waals surface area contributed by atoms with Crippen molar-refractivity contribution in [3.63, 3.8) is 0 Å². The number of aromatic nitrogens is 2. The predicted molar refractivity (Wildman–Crippen MR) is 138 cm³/mol. The molecule has 1 fully saturated rings. The van der Waals surface area contributed by atoms with E-state index in [4.69, 9.17) is 5.73 Å². The Balaban J connectivity index is 1.17. The predicted octanol–water partition coefficient (Wildman–Crippen LogP) is 4.56. The van der Waals surface area contributed by atoms with Crippen LogP contribution in [0.3, 0.4) is 0 Å². The average Bonchev–Trinajstić information content (AvgIpc) is 2.88. The topological polar surface area (TPSA) is 76.2 Å². The summed E-state index contributed by atoms with van der Waals surface area (Å²) >= 11 is 0. The van der Waals surface area contributed by atoms with Crippen LogP contribution in [0.2, 0.25) is 0 Å². The number of nitrogens with one attached hydrogen (secondary N) is 1. The van der Waals surface area contributed by atoms with Crippen molar-refractivity contribution in [1.82, 2.24) is 14.5 Å². The lowest BCUT2D eigenvalue weighted by Gasteiger charge is -2.32. The molecule has 5 rings (SSSR count). The zero-order chi connectivity index (χ0) is 23.3. The number of anilines is 2. The first-order chi connectivity index (χ1) is 16.7. The lowest BCUT2D eigenvalue weighted by molar-refractivity contribution is 0.211. The summed E-state index contributed by atoms with van der Waals surface area (Å²) in [5, 5.41) is 3.38. The Morgan fingerprint density at radius 2 is 1.56 bits per heavy atom. The molecule has 6 heteroatoms. The van der Waals surface area contributed by atoms with Gasteiger partial charge in [-0.05, 0) is 53.8 Å². The molecular weight excluding hydrogens is 422 g/mol. The summed E-state index contributed by atoms with van der Waals surface area (Å²) in [5.74, 6) is 0.397. The van der Waals surface area contributed by atoms with Crippen LogP contribution in [-0.4, -0.2) is 33.6 Å². The first kappa shape index (κ1) is 21.9. The van der Waals surface area contributed by atoms with Gasteiger partial charge in [-0.25, -0.2) is 4.98 Å². The lowest BCUT2D eigenvalue weighted by atomic mass is 10.0. The molecule has 1 aliphatic heterocycles. The number of piperidine rings is 1. The number of rotatable bonds is 6. The van der Waals surface area contributed by atoms with E-state index >= 15 is 0 Å². The summed E-state index contributed by atoms with van der Waals surface area (Å²) in [6, 6.07) is 26.8. The fourth-order valence-electron chi connectivity index (χ4n) is 4.47. The van der Waals surface area contributed by atoms with E-state index in [0.29, 0.717) is 11.5 Å². The van der Waals surface area contributed by atoms with Crippen molar-refractivity contribution < 1.29 is 0 Å². The monoisotopic (exact) mass is 451 g/mol. The van der Waals surface area contributed by atoms with Crippen LogP contribution in [0, 0.1) is 0 Å². The maximum absolute atomic E-state index is 13.0. The maximum atomic E-state index is 13.0. The molecule has 2 heterocycles. The number of nitrogens with two attached hydrogens (primary N) is 1. The van der Waals surface area contributed by atoms with E-state index in [9.17, 15) is 4.79 Å². The van der Waals surface area contributed by atoms with Crippen molar-refractivity contribution in [2.24, 2.45) is 0 Å². The smallest absolute Gasteiger partial charge is 0.297 e. The number of benzene rings is 3. The Hall–Kier alpha value is -3.90. The molecule has 0 unspecified atom stereocenters. The first-order valence-electron chi connectivity index (χ1n) is 11.7. The van der Waals surface area contributed by atoms with E-state index in [2.05, 4.69) is 63.7 Å². The molecule has 0 spiro atoms. The summed E-state index contributed by atoms with van der Waals surface area (Å²) in [6.07, 6.45) is 5.29. The Labute approximate surface area is 199 Å². The van der Waals surface area contributed by atoms with Gasteiger partial charge in [0.15, 0.2) is 5.82 Å². The van der Waals surface area contributed by atoms with Crippen LogP contribution in [0.15, 0.2) is 96.1 Å². The summed E-state index contributed by atoms with van der Waals surface area (Å²) < 4.78 is 1.60. The van der Waals surface area contributed by atoms with Gasteiger partial charge in [0.1, 0.15) is 0 Å². The largest absolute Gasteiger partial charge is 0.399 e. The summed E-state index contributed by atoms with van der Waals surface area (Å²) in [7, 11) is 0. The van der Waals surface area contributed by atoms with Crippen LogP contribution < -0.4 is 16.6 Å². The van der Waals surface area contributed by atoms with Gasteiger partial charge in [-0.3, -0.25) is 14.3 Å². The number of nitrogen functional groups attached to an aromatic ring is 1. The molecule has 0 aliphatic carbocycles. The van der Waals surface area contributed by atoms with Crippen LogP contribution in [0.25, 0.3) is 16.8 Å². The second-order valence-corrected chi connectivity index (χ2v) is 8.80. The van der Waals surface area contributed by atoms with E-state index in [-0.39, 0.29) is 11.6 Å². The summed E-state index contributed by atoms with van der Waals surface area (Å²) in [4.78, 5) is 19.7. The van der Waals surface area contributed by atoms with Crippen molar-refractivity contribution >= 4 is 11.5 Å². The van der Waals surface area contributed by atoms with Gasteiger partial charge in [0.25, 0.3) is 5.56 Å². The molecule has 4 aromatic rings. The molecule has 3 N–H and O–H groups in total. The van der Waals surface area contributed by atoms with Gasteiger partial charge in [-0.1, -0.05) is 54.6 Å². The highest BCUT2D eigenvalue weighted by atomic mass is 16.1. The molecule has 0 saturated carbocycles. The first-order valence-corrected chi connectivity index (χ1v) is 11.7. The van der Waals surface area contributed by atoms with E-state index in [1.54, 1.807) is 29.1 Å². The number of nitrogens with zero attached hydrogens (tertiary/aromatic N) is 3. The van der Waals surface area contributed by atoms with E-state index < -0.39 is 0 Å². The highest BCUT2D eigenvalue weighted by Crippen LogP contribution is 2.21. The van der Waals surface area contributed by atoms with Gasteiger partial charge >= 0.3 is 0 Å². The summed E-state index contributed by atoms with van der Waals surface area (Å²) in [6.45, 7) is 2.91. The second-order valence-electron chi connectivity index (χ2n) is 8.80. The molecule has 0 amide bonds. The van der Waals surface area contributed by atoms with Gasteiger partial charge in [-0.2, -0.15) is 0 Å². The quantitative estimate of drug-likeness (QED) is 0.421. The van der Waals surface area contributed by atoms with Crippen LogP contribution in [0.4, 0.5) is 11.5 Å². The highest BCUT2D eigenvalue weighted by Gasteiger charge is 2.21. The van der Waals surface area contributed by atoms with Gasteiger partial charge in [-0.15, -0.1) is 0 Å². The van der Waals surface area contributed by atoms with E-state index in [1.165, 1.54) is 16.7 Å². The zero-order valence-electron chi connectivity index (χ0n) is 19.1. The van der Waals surface area contributed by atoms with Crippen LogP contribution in [0.1, 0.15) is 18.4 Å². The molecule has 1 saturated heterocycles. The van der Waals surface area contributed by atoms with Crippen molar-refractivity contribution in [2.75, 3.05) is 24.1 Å². The Bertz CT molecular complexity index is 1280. The van der Waals surface area contributed by atoms with Crippen LogP contribution >= 0.6 is 0 Å². The third-order valence-electron chi connectivity index (χ3n) is 6.41. The molecule has 1 aliphatic rings. The molecular formula is C28H29N5O. The zero-order valence-corrected chi connectivity index (χ0v) is 19.1. The SMILES string of the molecule is Nc1ccc(-n2ccnc(NC3CCN(Cc4ccc(-c5ccccc5)cc4)CC3)c2=O)cc1. The third kappa shape index (κ3) is 5.02. The van der Waals surface area contributed by atoms with Gasteiger partial charge in [0.05, 0.1) is 0 Å². The molecule has 3 aromatic carbocycles. The fraction of sp³-hybridized carbons (Fsp3) is 0.214. The summed E-state index contributed by atoms with van der Waals surface area (Å²) in [5.41, 5.74) is 10.9. The van der Waals surface area contributed by atoms with Gasteiger partial charge in [0.2, 0.25) is 0 Å². The van der Waals surface area contributed by atoms with E-state index in [1.807, 2.05) is 18.2 Å². The van der Waals surface area contributed by atoms with Crippen molar-refractivity contribution in [1.29, 1.82) is 0 Å². The Morgan fingerprint density at radius 3 is 2.26 bits per heavy atom. The van der Waals surface area contributed by atoms with Crippen molar-refractivity contribution in [2.45, 2.75) is 25.4 Å². The second kappa shape index (κ2) is 9.93. The molecule has 6 nitrogen and oxygen atoms in total. The van der Waals surface area contributed by atoms with Crippen LogP contribution in [-0.2, 0) is 6.54 Å². The molecule has 0 radical (unpaired) electrons. The van der Waals surface area contributed by atoms with Crippen molar-refractivity contribution in [3.8, 4) is 16.8 Å². The lowest BCUT2D eigenvalue weighted by Crippen LogP contribution is -2.40. The molecule has 34 heavy (non-hydrogen) atoms.